The van der Waals surface area contributed by atoms with Gasteiger partial charge in [0.15, 0.2) is 11.6 Å². The highest BCUT2D eigenvalue weighted by atomic mass is 19.4. The standard InChI is InChI=1S/C38H46F5N3O5/c1-8-51-33(48)19-30(26-15-22(4)16-27(35(26)40)34-23(5)17-29(39)36(50-7)24(34)6)44-37(49)31(14-21(2)3)46-20-25(10-13-45-11-9-12-45)28(18-32(46)47)38(41,42)43/h15-18,20-21,30-31H,8-14,19H2,1-7H3,(H,44,49)/t30-,31?/m0/s1. The fourth-order valence-corrected chi connectivity index (χ4v) is 6.68. The molecule has 1 fully saturated rings. The molecule has 3 aromatic rings. The summed E-state index contributed by atoms with van der Waals surface area (Å²) in [4.78, 5) is 42.4. The molecule has 0 radical (unpaired) electrons. The number of hydrogen-bond donors (Lipinski definition) is 1. The maximum absolute atomic E-state index is 16.8. The number of likely N-dealkylation sites (tertiary alicyclic amines) is 1. The maximum atomic E-state index is 16.8. The maximum Gasteiger partial charge on any atom is 0.416 e. The van der Waals surface area contributed by atoms with Crippen LogP contribution in [0.2, 0.25) is 0 Å². The molecule has 0 spiro atoms. The van der Waals surface area contributed by atoms with Crippen LogP contribution >= 0.6 is 0 Å². The topological polar surface area (TPSA) is 89.9 Å². The number of alkyl halides is 3. The van der Waals surface area contributed by atoms with Crippen LogP contribution in [0.3, 0.4) is 0 Å². The number of amides is 1. The number of carbonyl (C=O) groups excluding carboxylic acids is 2. The van der Waals surface area contributed by atoms with E-state index in [4.69, 9.17) is 9.47 Å². The van der Waals surface area contributed by atoms with Crippen molar-refractivity contribution in [3.63, 3.8) is 0 Å². The lowest BCUT2D eigenvalue weighted by Gasteiger charge is -2.31. The van der Waals surface area contributed by atoms with Crippen LogP contribution in [0.4, 0.5) is 22.0 Å². The van der Waals surface area contributed by atoms with Crippen molar-refractivity contribution in [2.45, 2.75) is 85.5 Å². The Hall–Kier alpha value is -4.26. The number of nitrogens with one attached hydrogen (secondary N) is 1. The minimum absolute atomic E-state index is 0.0148. The molecule has 1 aliphatic rings. The monoisotopic (exact) mass is 719 g/mol. The molecule has 1 N–H and O–H groups in total. The molecule has 0 bridgehead atoms. The summed E-state index contributed by atoms with van der Waals surface area (Å²) in [5.74, 6) is -3.17. The average molecular weight is 720 g/mol. The second-order valence-corrected chi connectivity index (χ2v) is 13.5. The highest BCUT2D eigenvalue weighted by Crippen LogP contribution is 2.39. The lowest BCUT2D eigenvalue weighted by Crippen LogP contribution is -2.41. The lowest BCUT2D eigenvalue weighted by molar-refractivity contribution is -0.144. The molecule has 0 saturated carbocycles. The van der Waals surface area contributed by atoms with Crippen LogP contribution < -0.4 is 15.6 Å². The highest BCUT2D eigenvalue weighted by Gasteiger charge is 2.36. The zero-order valence-corrected chi connectivity index (χ0v) is 30.1. The number of ether oxygens (including phenoxy) is 2. The molecule has 4 rings (SSSR count). The molecule has 278 valence electrons. The number of carbonyl (C=O) groups is 2. The minimum Gasteiger partial charge on any atom is -0.493 e. The van der Waals surface area contributed by atoms with Crippen LogP contribution in [0.5, 0.6) is 5.75 Å². The van der Waals surface area contributed by atoms with E-state index in [0.717, 1.165) is 30.3 Å². The number of pyridine rings is 1. The van der Waals surface area contributed by atoms with Gasteiger partial charge >= 0.3 is 12.1 Å². The van der Waals surface area contributed by atoms with E-state index in [1.807, 2.05) is 4.90 Å². The van der Waals surface area contributed by atoms with Crippen molar-refractivity contribution in [3.8, 4) is 16.9 Å². The van der Waals surface area contributed by atoms with Gasteiger partial charge in [0.25, 0.3) is 5.56 Å². The van der Waals surface area contributed by atoms with E-state index >= 15 is 4.39 Å². The van der Waals surface area contributed by atoms with Crippen LogP contribution in [0.15, 0.2) is 35.3 Å². The molecule has 2 atom stereocenters. The average Bonchev–Trinajstić information content (AvgIpc) is 3.00. The second-order valence-electron chi connectivity index (χ2n) is 13.5. The summed E-state index contributed by atoms with van der Waals surface area (Å²) in [5, 5.41) is 2.74. The number of rotatable bonds is 14. The van der Waals surface area contributed by atoms with Crippen LogP contribution in [0.1, 0.15) is 85.5 Å². The molecular weight excluding hydrogens is 673 g/mol. The molecule has 1 aromatic heterocycles. The fourth-order valence-electron chi connectivity index (χ4n) is 6.68. The third-order valence-electron chi connectivity index (χ3n) is 9.20. The molecular formula is C38H46F5N3O5. The number of benzene rings is 2. The van der Waals surface area contributed by atoms with E-state index in [1.165, 1.54) is 19.2 Å². The number of aromatic nitrogens is 1. The quantitative estimate of drug-likeness (QED) is 0.138. The Morgan fingerprint density at radius 1 is 1.04 bits per heavy atom. The van der Waals surface area contributed by atoms with Gasteiger partial charge in [0.1, 0.15) is 11.9 Å². The zero-order valence-electron chi connectivity index (χ0n) is 30.1. The van der Waals surface area contributed by atoms with Crippen LogP contribution in [-0.2, 0) is 26.9 Å². The van der Waals surface area contributed by atoms with Gasteiger partial charge in [-0.25, -0.2) is 8.78 Å². The van der Waals surface area contributed by atoms with Gasteiger partial charge in [-0.05, 0) is 100 Å². The smallest absolute Gasteiger partial charge is 0.416 e. The van der Waals surface area contributed by atoms with Crippen molar-refractivity contribution in [3.05, 3.63) is 85.8 Å². The number of nitrogens with zero attached hydrogens (tertiary/aromatic N) is 2. The number of aryl methyl sites for hydroxylation is 2. The van der Waals surface area contributed by atoms with Gasteiger partial charge in [-0.1, -0.05) is 19.9 Å². The number of hydrogen-bond acceptors (Lipinski definition) is 6. The molecule has 2 aromatic carbocycles. The van der Waals surface area contributed by atoms with Crippen molar-refractivity contribution in [1.82, 2.24) is 14.8 Å². The summed E-state index contributed by atoms with van der Waals surface area (Å²) < 4.78 is 85.1. The molecule has 8 nitrogen and oxygen atoms in total. The first kappa shape index (κ1) is 39.5. The van der Waals surface area contributed by atoms with E-state index in [9.17, 15) is 31.9 Å². The third-order valence-corrected chi connectivity index (χ3v) is 9.20. The lowest BCUT2D eigenvalue weighted by atomic mass is 9.89. The molecule has 1 saturated heterocycles. The van der Waals surface area contributed by atoms with Gasteiger partial charge in [0.2, 0.25) is 5.91 Å². The first-order valence-electron chi connectivity index (χ1n) is 17.1. The van der Waals surface area contributed by atoms with E-state index in [1.54, 1.807) is 47.6 Å². The fraction of sp³-hybridized carbons (Fsp3) is 0.500. The molecule has 51 heavy (non-hydrogen) atoms. The van der Waals surface area contributed by atoms with Gasteiger partial charge in [-0.2, -0.15) is 13.2 Å². The molecule has 2 heterocycles. The molecule has 0 aliphatic carbocycles. The Morgan fingerprint density at radius 2 is 1.73 bits per heavy atom. The minimum atomic E-state index is -4.78. The predicted molar refractivity (Wildman–Crippen MR) is 184 cm³/mol. The molecule has 1 amide bonds. The van der Waals surface area contributed by atoms with E-state index in [-0.39, 0.29) is 47.8 Å². The summed E-state index contributed by atoms with van der Waals surface area (Å²) in [6, 6.07) is 2.21. The summed E-state index contributed by atoms with van der Waals surface area (Å²) >= 11 is 0. The Morgan fingerprint density at radius 3 is 2.29 bits per heavy atom. The van der Waals surface area contributed by atoms with Crippen molar-refractivity contribution in [2.75, 3.05) is 33.4 Å². The van der Waals surface area contributed by atoms with E-state index < -0.39 is 59.3 Å². The largest absolute Gasteiger partial charge is 0.493 e. The Labute approximate surface area is 294 Å². The van der Waals surface area contributed by atoms with Gasteiger partial charge in [0.05, 0.1) is 31.7 Å². The Balaban J connectivity index is 1.82. The van der Waals surface area contributed by atoms with Crippen LogP contribution in [-0.4, -0.2) is 54.7 Å². The van der Waals surface area contributed by atoms with Crippen LogP contribution in [0.25, 0.3) is 11.1 Å². The normalized spacial score (nSPS) is 14.6. The Bertz CT molecular complexity index is 1820. The first-order valence-corrected chi connectivity index (χ1v) is 17.1. The zero-order chi connectivity index (χ0) is 37.8. The van der Waals surface area contributed by atoms with Crippen LogP contribution in [0, 0.1) is 38.3 Å². The van der Waals surface area contributed by atoms with E-state index in [2.05, 4.69) is 5.32 Å². The second kappa shape index (κ2) is 16.4. The first-order chi connectivity index (χ1) is 24.0. The van der Waals surface area contributed by atoms with Gasteiger partial charge < -0.3 is 24.3 Å². The summed E-state index contributed by atoms with van der Waals surface area (Å²) in [5.41, 5.74) is -0.446. The molecule has 1 unspecified atom stereocenters. The summed E-state index contributed by atoms with van der Waals surface area (Å²) in [6.45, 7) is 12.0. The predicted octanol–water partition coefficient (Wildman–Crippen LogP) is 7.39. The molecule has 1 aliphatic heterocycles. The van der Waals surface area contributed by atoms with Gasteiger partial charge in [-0.3, -0.25) is 14.4 Å². The van der Waals surface area contributed by atoms with Gasteiger partial charge in [0, 0.05) is 35.5 Å². The van der Waals surface area contributed by atoms with Crippen molar-refractivity contribution >= 4 is 11.9 Å². The number of methoxy groups -OCH3 is 1. The van der Waals surface area contributed by atoms with Crippen molar-refractivity contribution in [1.29, 1.82) is 0 Å². The summed E-state index contributed by atoms with van der Waals surface area (Å²) in [7, 11) is 1.30. The van der Waals surface area contributed by atoms with Gasteiger partial charge in [-0.15, -0.1) is 0 Å². The number of halogens is 5. The highest BCUT2D eigenvalue weighted by molar-refractivity contribution is 5.82. The van der Waals surface area contributed by atoms with Crippen molar-refractivity contribution in [2.24, 2.45) is 5.92 Å². The third kappa shape index (κ3) is 9.16. The van der Waals surface area contributed by atoms with E-state index in [0.29, 0.717) is 34.9 Å². The summed E-state index contributed by atoms with van der Waals surface area (Å²) in [6.07, 6.45) is -3.13. The SMILES string of the molecule is CCOC(=O)C[C@H](NC(=O)C(CC(C)C)n1cc(CCN2CCC2)c(C(F)(F)F)cc1=O)c1cc(C)cc(-c2c(C)cc(F)c(OC)c2C)c1F. The number of esters is 1. The molecule has 13 heteroatoms. The van der Waals surface area contributed by atoms with Crippen molar-refractivity contribution < 1.29 is 41.0 Å². The Kier molecular flexibility index (Phi) is 12.7.